The van der Waals surface area contributed by atoms with Crippen LogP contribution in [0.25, 0.3) is 0 Å². The fourth-order valence-electron chi connectivity index (χ4n) is 3.43. The quantitative estimate of drug-likeness (QED) is 0.901. The maximum absolute atomic E-state index is 11.2. The molecule has 1 aromatic carbocycles. The molecule has 2 nitrogen and oxygen atoms in total. The van der Waals surface area contributed by atoms with E-state index in [4.69, 9.17) is 0 Å². The summed E-state index contributed by atoms with van der Waals surface area (Å²) in [5.74, 6) is 0.0826. The summed E-state index contributed by atoms with van der Waals surface area (Å²) in [5.41, 5.74) is 4.84. The Hall–Kier alpha value is -1.67. The first-order valence-electron chi connectivity index (χ1n) is 7.24. The Kier molecular flexibility index (Phi) is 3.14. The third-order valence-electron chi connectivity index (χ3n) is 4.58. The Balaban J connectivity index is 2.07. The molecule has 1 aliphatic carbocycles. The average molecular weight is 267 g/mol. The van der Waals surface area contributed by atoms with Crippen molar-refractivity contribution in [3.05, 3.63) is 64.5 Å². The zero-order valence-electron chi connectivity index (χ0n) is 12.4. The molecule has 20 heavy (non-hydrogen) atoms. The van der Waals surface area contributed by atoms with Gasteiger partial charge in [0.05, 0.1) is 5.60 Å². The zero-order valence-corrected chi connectivity index (χ0v) is 12.4. The first-order valence-corrected chi connectivity index (χ1v) is 7.24. The summed E-state index contributed by atoms with van der Waals surface area (Å²) in [5, 5.41) is 11.2. The van der Waals surface area contributed by atoms with Gasteiger partial charge in [0.2, 0.25) is 0 Å². The van der Waals surface area contributed by atoms with E-state index in [9.17, 15) is 5.11 Å². The van der Waals surface area contributed by atoms with Crippen molar-refractivity contribution >= 4 is 0 Å². The number of aryl methyl sites for hydroxylation is 3. The van der Waals surface area contributed by atoms with Crippen molar-refractivity contribution in [2.45, 2.75) is 45.1 Å². The van der Waals surface area contributed by atoms with Gasteiger partial charge in [-0.2, -0.15) is 0 Å². The van der Waals surface area contributed by atoms with E-state index in [-0.39, 0.29) is 5.92 Å². The highest BCUT2D eigenvalue weighted by atomic mass is 16.3. The van der Waals surface area contributed by atoms with Gasteiger partial charge in [0.15, 0.2) is 0 Å². The Morgan fingerprint density at radius 1 is 1.25 bits per heavy atom. The van der Waals surface area contributed by atoms with Crippen LogP contribution in [0.3, 0.4) is 0 Å². The van der Waals surface area contributed by atoms with Crippen LogP contribution in [-0.2, 0) is 12.0 Å². The molecule has 0 saturated carbocycles. The molecule has 0 bridgehead atoms. The van der Waals surface area contributed by atoms with E-state index >= 15 is 0 Å². The molecule has 1 aliphatic rings. The number of rotatable bonds is 2. The van der Waals surface area contributed by atoms with E-state index in [0.717, 1.165) is 29.7 Å². The number of pyridine rings is 1. The minimum absolute atomic E-state index is 0.0826. The SMILES string of the molecule is Cc1ccc(C)c(C(C)(O)C2CCc3cccnc32)c1. The molecule has 0 saturated heterocycles. The minimum atomic E-state index is -0.865. The summed E-state index contributed by atoms with van der Waals surface area (Å²) in [6, 6.07) is 10.4. The van der Waals surface area contributed by atoms with Gasteiger partial charge in [0.25, 0.3) is 0 Å². The van der Waals surface area contributed by atoms with Gasteiger partial charge in [-0.3, -0.25) is 4.98 Å². The van der Waals surface area contributed by atoms with E-state index in [1.54, 1.807) is 0 Å². The molecule has 3 rings (SSSR count). The average Bonchev–Trinajstić information content (AvgIpc) is 2.86. The highest BCUT2D eigenvalue weighted by molar-refractivity contribution is 5.40. The lowest BCUT2D eigenvalue weighted by Crippen LogP contribution is -2.30. The molecule has 1 aromatic heterocycles. The van der Waals surface area contributed by atoms with Crippen molar-refractivity contribution in [1.82, 2.24) is 4.98 Å². The molecule has 2 unspecified atom stereocenters. The normalized spacial score (nSPS) is 20.5. The highest BCUT2D eigenvalue weighted by Gasteiger charge is 2.40. The first kappa shape index (κ1) is 13.3. The minimum Gasteiger partial charge on any atom is -0.385 e. The van der Waals surface area contributed by atoms with Crippen molar-refractivity contribution in [1.29, 1.82) is 0 Å². The molecule has 0 radical (unpaired) electrons. The van der Waals surface area contributed by atoms with Crippen LogP contribution < -0.4 is 0 Å². The summed E-state index contributed by atoms with van der Waals surface area (Å²) in [4.78, 5) is 4.52. The lowest BCUT2D eigenvalue weighted by atomic mass is 9.79. The van der Waals surface area contributed by atoms with Gasteiger partial charge < -0.3 is 5.11 Å². The number of aliphatic hydroxyl groups is 1. The van der Waals surface area contributed by atoms with Gasteiger partial charge in [0.1, 0.15) is 0 Å². The van der Waals surface area contributed by atoms with Gasteiger partial charge in [-0.15, -0.1) is 0 Å². The number of fused-ring (bicyclic) bond motifs is 1. The second kappa shape index (κ2) is 4.71. The number of benzene rings is 1. The van der Waals surface area contributed by atoms with Crippen molar-refractivity contribution in [2.75, 3.05) is 0 Å². The summed E-state index contributed by atoms with van der Waals surface area (Å²) < 4.78 is 0. The maximum atomic E-state index is 11.2. The molecule has 2 aromatic rings. The van der Waals surface area contributed by atoms with Crippen molar-refractivity contribution < 1.29 is 5.11 Å². The Morgan fingerprint density at radius 2 is 2.05 bits per heavy atom. The molecule has 104 valence electrons. The maximum Gasteiger partial charge on any atom is 0.0954 e. The lowest BCUT2D eigenvalue weighted by molar-refractivity contribution is 0.0250. The zero-order chi connectivity index (χ0) is 14.3. The van der Waals surface area contributed by atoms with Gasteiger partial charge in [-0.1, -0.05) is 29.8 Å². The largest absolute Gasteiger partial charge is 0.385 e. The third kappa shape index (κ3) is 2.04. The molecule has 0 spiro atoms. The number of hydrogen-bond acceptors (Lipinski definition) is 2. The molecule has 1 heterocycles. The van der Waals surface area contributed by atoms with Crippen molar-refractivity contribution in [3.8, 4) is 0 Å². The van der Waals surface area contributed by atoms with Crippen molar-refractivity contribution in [2.24, 2.45) is 0 Å². The second-order valence-electron chi connectivity index (χ2n) is 6.10. The van der Waals surface area contributed by atoms with Gasteiger partial charge >= 0.3 is 0 Å². The van der Waals surface area contributed by atoms with E-state index < -0.39 is 5.60 Å². The summed E-state index contributed by atoms with van der Waals surface area (Å²) in [6.07, 6.45) is 3.80. The summed E-state index contributed by atoms with van der Waals surface area (Å²) in [7, 11) is 0. The van der Waals surface area contributed by atoms with Gasteiger partial charge in [0, 0.05) is 17.8 Å². The fraction of sp³-hybridized carbons (Fsp3) is 0.389. The molecule has 2 atom stereocenters. The number of aromatic nitrogens is 1. The van der Waals surface area contributed by atoms with Crippen LogP contribution in [0, 0.1) is 13.8 Å². The van der Waals surface area contributed by atoms with Crippen LogP contribution in [-0.4, -0.2) is 10.1 Å². The van der Waals surface area contributed by atoms with E-state index in [1.165, 1.54) is 11.1 Å². The topological polar surface area (TPSA) is 33.1 Å². The molecule has 0 fully saturated rings. The van der Waals surface area contributed by atoms with Crippen LogP contribution in [0.5, 0.6) is 0 Å². The summed E-state index contributed by atoms with van der Waals surface area (Å²) >= 11 is 0. The van der Waals surface area contributed by atoms with Gasteiger partial charge in [-0.25, -0.2) is 0 Å². The Labute approximate surface area is 120 Å². The molecular formula is C18H21NO. The lowest BCUT2D eigenvalue weighted by Gasteiger charge is -2.32. The third-order valence-corrected chi connectivity index (χ3v) is 4.58. The Morgan fingerprint density at radius 3 is 2.85 bits per heavy atom. The van der Waals surface area contributed by atoms with Crippen molar-refractivity contribution in [3.63, 3.8) is 0 Å². The van der Waals surface area contributed by atoms with Crippen LogP contribution >= 0.6 is 0 Å². The first-order chi connectivity index (χ1) is 9.50. The predicted molar refractivity (Wildman–Crippen MR) is 80.8 cm³/mol. The molecular weight excluding hydrogens is 246 g/mol. The monoisotopic (exact) mass is 267 g/mol. The van der Waals surface area contributed by atoms with E-state index in [0.29, 0.717) is 0 Å². The van der Waals surface area contributed by atoms with Crippen LogP contribution in [0.4, 0.5) is 0 Å². The van der Waals surface area contributed by atoms with E-state index in [1.807, 2.05) is 19.2 Å². The standard InChI is InChI=1S/C18H21NO/c1-12-6-7-13(2)16(11-12)18(3,20)15-9-8-14-5-4-10-19-17(14)15/h4-7,10-11,15,20H,8-9H2,1-3H3. The van der Waals surface area contributed by atoms with Crippen LogP contribution in [0.15, 0.2) is 36.5 Å². The molecule has 2 heteroatoms. The fourth-order valence-corrected chi connectivity index (χ4v) is 3.43. The van der Waals surface area contributed by atoms with E-state index in [2.05, 4.69) is 43.1 Å². The Bertz CT molecular complexity index is 646. The highest BCUT2D eigenvalue weighted by Crippen LogP contribution is 2.45. The smallest absolute Gasteiger partial charge is 0.0954 e. The molecule has 0 amide bonds. The summed E-state index contributed by atoms with van der Waals surface area (Å²) in [6.45, 7) is 6.07. The predicted octanol–water partition coefficient (Wildman–Crippen LogP) is 3.64. The second-order valence-corrected chi connectivity index (χ2v) is 6.10. The number of hydrogen-bond donors (Lipinski definition) is 1. The number of nitrogens with zero attached hydrogens (tertiary/aromatic N) is 1. The molecule has 0 aliphatic heterocycles. The van der Waals surface area contributed by atoms with Crippen LogP contribution in [0.2, 0.25) is 0 Å². The van der Waals surface area contributed by atoms with Gasteiger partial charge in [-0.05, 0) is 56.4 Å². The molecule has 1 N–H and O–H groups in total. The van der Waals surface area contributed by atoms with Crippen LogP contribution in [0.1, 0.15) is 47.2 Å².